The lowest BCUT2D eigenvalue weighted by molar-refractivity contribution is 0.161. The zero-order valence-corrected chi connectivity index (χ0v) is 11.2. The molecule has 2 aliphatic rings. The van der Waals surface area contributed by atoms with Crippen LogP contribution in [0.15, 0.2) is 24.3 Å². The highest BCUT2D eigenvalue weighted by molar-refractivity contribution is 5.59. The maximum Gasteiger partial charge on any atom is 0.0624 e. The van der Waals surface area contributed by atoms with Gasteiger partial charge in [0.15, 0.2) is 0 Å². The van der Waals surface area contributed by atoms with Gasteiger partial charge in [0.2, 0.25) is 0 Å². The largest absolute Gasteiger partial charge is 0.379 e. The lowest BCUT2D eigenvalue weighted by atomic mass is 9.85. The molecule has 3 nitrogen and oxygen atoms in total. The zero-order chi connectivity index (χ0) is 12.8. The van der Waals surface area contributed by atoms with Crippen LogP contribution in [0.2, 0.25) is 0 Å². The molecule has 2 aliphatic heterocycles. The summed E-state index contributed by atoms with van der Waals surface area (Å²) in [4.78, 5) is 2.50. The number of anilines is 1. The van der Waals surface area contributed by atoms with E-state index in [0.717, 1.165) is 19.6 Å². The highest BCUT2D eigenvalue weighted by atomic mass is 16.5. The smallest absolute Gasteiger partial charge is 0.0624 e. The molecule has 1 aromatic rings. The molecule has 18 heavy (non-hydrogen) atoms. The molecule has 3 heteroatoms. The molecule has 0 bridgehead atoms. The van der Waals surface area contributed by atoms with E-state index in [1.54, 1.807) is 0 Å². The fourth-order valence-electron chi connectivity index (χ4n) is 3.15. The number of nitrogens with zero attached hydrogens (tertiary/aromatic N) is 1. The summed E-state index contributed by atoms with van der Waals surface area (Å²) in [6.07, 6.45) is 1.14. The second-order valence-corrected chi connectivity index (χ2v) is 6.09. The molecule has 0 spiro atoms. The van der Waals surface area contributed by atoms with Gasteiger partial charge in [-0.15, -0.1) is 0 Å². The highest BCUT2D eigenvalue weighted by Gasteiger charge is 2.41. The minimum absolute atomic E-state index is 0.0751. The van der Waals surface area contributed by atoms with Crippen molar-refractivity contribution < 1.29 is 4.74 Å². The van der Waals surface area contributed by atoms with E-state index in [1.165, 1.54) is 11.3 Å². The predicted molar refractivity (Wildman–Crippen MR) is 73.9 cm³/mol. The average molecular weight is 246 g/mol. The molecule has 3 atom stereocenters. The van der Waals surface area contributed by atoms with Crippen LogP contribution in [0, 0.1) is 5.41 Å². The summed E-state index contributed by atoms with van der Waals surface area (Å²) in [5, 5.41) is 0. The molecule has 2 heterocycles. The van der Waals surface area contributed by atoms with Crippen LogP contribution in [0.4, 0.5) is 5.69 Å². The number of benzene rings is 1. The Morgan fingerprint density at radius 2 is 2.22 bits per heavy atom. The third-order valence-corrected chi connectivity index (χ3v) is 4.50. The maximum absolute atomic E-state index is 6.21. The van der Waals surface area contributed by atoms with Crippen molar-refractivity contribution in [1.82, 2.24) is 0 Å². The topological polar surface area (TPSA) is 38.5 Å². The molecule has 98 valence electrons. The Morgan fingerprint density at radius 1 is 1.44 bits per heavy atom. The first-order chi connectivity index (χ1) is 8.60. The number of para-hydroxylation sites is 1. The zero-order valence-electron chi connectivity index (χ0n) is 11.2. The second-order valence-electron chi connectivity index (χ2n) is 6.09. The normalized spacial score (nSPS) is 34.9. The van der Waals surface area contributed by atoms with Crippen molar-refractivity contribution in [2.24, 2.45) is 11.1 Å². The van der Waals surface area contributed by atoms with E-state index < -0.39 is 0 Å². The summed E-state index contributed by atoms with van der Waals surface area (Å²) in [6.45, 7) is 7.01. The van der Waals surface area contributed by atoms with Crippen LogP contribution >= 0.6 is 0 Å². The fourth-order valence-corrected chi connectivity index (χ4v) is 3.15. The molecule has 0 aromatic heterocycles. The van der Waals surface area contributed by atoms with E-state index in [-0.39, 0.29) is 11.5 Å². The number of nitrogens with two attached hydrogens (primary N) is 1. The first kappa shape index (κ1) is 12.0. The van der Waals surface area contributed by atoms with E-state index in [4.69, 9.17) is 10.5 Å². The van der Waals surface area contributed by atoms with Gasteiger partial charge in [0.1, 0.15) is 0 Å². The molecule has 3 rings (SSSR count). The highest BCUT2D eigenvalue weighted by Crippen LogP contribution is 2.37. The Labute approximate surface area is 109 Å². The molecule has 0 radical (unpaired) electrons. The van der Waals surface area contributed by atoms with Crippen molar-refractivity contribution in [2.45, 2.75) is 32.4 Å². The van der Waals surface area contributed by atoms with Crippen LogP contribution in [0.1, 0.15) is 19.4 Å². The molecule has 0 saturated carbocycles. The molecule has 3 unspecified atom stereocenters. The van der Waals surface area contributed by atoms with Gasteiger partial charge in [0.25, 0.3) is 0 Å². The Balaban J connectivity index is 1.85. The van der Waals surface area contributed by atoms with E-state index >= 15 is 0 Å². The Bertz CT molecular complexity index is 448. The number of fused-ring (bicyclic) bond motifs is 1. The van der Waals surface area contributed by atoms with Gasteiger partial charge in [-0.2, -0.15) is 0 Å². The molecule has 0 amide bonds. The molecule has 1 aromatic carbocycles. The van der Waals surface area contributed by atoms with Crippen molar-refractivity contribution in [3.8, 4) is 0 Å². The lowest BCUT2D eigenvalue weighted by Crippen LogP contribution is -2.48. The summed E-state index contributed by atoms with van der Waals surface area (Å²) in [7, 11) is 0. The van der Waals surface area contributed by atoms with Crippen molar-refractivity contribution >= 4 is 5.69 Å². The van der Waals surface area contributed by atoms with Gasteiger partial charge in [0, 0.05) is 29.7 Å². The van der Waals surface area contributed by atoms with Gasteiger partial charge in [-0.3, -0.25) is 0 Å². The van der Waals surface area contributed by atoms with Crippen molar-refractivity contribution in [2.75, 3.05) is 24.7 Å². The summed E-state index contributed by atoms with van der Waals surface area (Å²) in [6, 6.07) is 9.42. The third kappa shape index (κ3) is 1.82. The first-order valence-electron chi connectivity index (χ1n) is 6.78. The third-order valence-electron chi connectivity index (χ3n) is 4.50. The van der Waals surface area contributed by atoms with Gasteiger partial charge >= 0.3 is 0 Å². The summed E-state index contributed by atoms with van der Waals surface area (Å²) in [5.41, 5.74) is 9.12. The van der Waals surface area contributed by atoms with Gasteiger partial charge in [-0.25, -0.2) is 0 Å². The van der Waals surface area contributed by atoms with Gasteiger partial charge < -0.3 is 15.4 Å². The fraction of sp³-hybridized carbons (Fsp3) is 0.600. The number of hydrogen-bond donors (Lipinski definition) is 1. The SMILES string of the molecule is CC1Cc2ccccc2N1CC1(C)COCC1N. The molecular weight excluding hydrogens is 224 g/mol. The van der Waals surface area contributed by atoms with Crippen LogP contribution in [0.5, 0.6) is 0 Å². The quantitative estimate of drug-likeness (QED) is 0.865. The summed E-state index contributed by atoms with van der Waals surface area (Å²) in [5.74, 6) is 0. The summed E-state index contributed by atoms with van der Waals surface area (Å²) < 4.78 is 5.55. The van der Waals surface area contributed by atoms with E-state index in [9.17, 15) is 0 Å². The maximum atomic E-state index is 6.21. The minimum atomic E-state index is 0.0751. The van der Waals surface area contributed by atoms with Crippen LogP contribution in [-0.4, -0.2) is 31.8 Å². The number of rotatable bonds is 2. The van der Waals surface area contributed by atoms with Crippen LogP contribution in [0.3, 0.4) is 0 Å². The second kappa shape index (κ2) is 4.25. The first-order valence-corrected chi connectivity index (χ1v) is 6.78. The summed E-state index contributed by atoms with van der Waals surface area (Å²) >= 11 is 0. The number of hydrogen-bond acceptors (Lipinski definition) is 3. The van der Waals surface area contributed by atoms with E-state index in [0.29, 0.717) is 12.6 Å². The van der Waals surface area contributed by atoms with Crippen LogP contribution in [-0.2, 0) is 11.2 Å². The Kier molecular flexibility index (Phi) is 2.83. The van der Waals surface area contributed by atoms with Crippen molar-refractivity contribution in [3.63, 3.8) is 0 Å². The van der Waals surface area contributed by atoms with Crippen molar-refractivity contribution in [3.05, 3.63) is 29.8 Å². The molecule has 2 N–H and O–H groups in total. The molecular formula is C15H22N2O. The lowest BCUT2D eigenvalue weighted by Gasteiger charge is -2.36. The molecule has 1 fully saturated rings. The van der Waals surface area contributed by atoms with Crippen LogP contribution in [0.25, 0.3) is 0 Å². The molecule has 1 saturated heterocycles. The van der Waals surface area contributed by atoms with Gasteiger partial charge in [0.05, 0.1) is 13.2 Å². The van der Waals surface area contributed by atoms with Gasteiger partial charge in [-0.05, 0) is 25.0 Å². The van der Waals surface area contributed by atoms with E-state index in [1.807, 2.05) is 0 Å². The van der Waals surface area contributed by atoms with Crippen LogP contribution < -0.4 is 10.6 Å². The van der Waals surface area contributed by atoms with Crippen molar-refractivity contribution in [1.29, 1.82) is 0 Å². The number of ether oxygens (including phenoxy) is 1. The Morgan fingerprint density at radius 3 is 2.94 bits per heavy atom. The minimum Gasteiger partial charge on any atom is -0.379 e. The van der Waals surface area contributed by atoms with E-state index in [2.05, 4.69) is 43.0 Å². The van der Waals surface area contributed by atoms with Gasteiger partial charge in [-0.1, -0.05) is 25.1 Å². The monoisotopic (exact) mass is 246 g/mol. The predicted octanol–water partition coefficient (Wildman–Crippen LogP) is 1.80. The standard InChI is InChI=1S/C15H22N2O/c1-11-7-12-5-3-4-6-13(12)17(11)9-15(2)10-18-8-14(15)16/h3-6,11,14H,7-10,16H2,1-2H3. The average Bonchev–Trinajstić information content (AvgIpc) is 2.83. The Hall–Kier alpha value is -1.06. The molecule has 0 aliphatic carbocycles.